The lowest BCUT2D eigenvalue weighted by Gasteiger charge is -2.18. The molecule has 0 aliphatic heterocycles. The summed E-state index contributed by atoms with van der Waals surface area (Å²) in [6.07, 6.45) is 0.161. The summed E-state index contributed by atoms with van der Waals surface area (Å²) in [5.41, 5.74) is 0.950. The highest BCUT2D eigenvalue weighted by atomic mass is 16.5. The molecule has 0 aromatic heterocycles. The number of benzene rings is 1. The molecule has 0 bridgehead atoms. The van der Waals surface area contributed by atoms with E-state index in [-0.39, 0.29) is 18.6 Å². The monoisotopic (exact) mass is 237 g/mol. The minimum absolute atomic E-state index is 0.161. The highest BCUT2D eigenvalue weighted by Crippen LogP contribution is 2.19. The van der Waals surface area contributed by atoms with Crippen LogP contribution in [0.1, 0.15) is 13.8 Å². The number of likely N-dealkylation sites (N-methyl/N-ethyl adjacent to an activating group) is 1. The average Bonchev–Trinajstić information content (AvgIpc) is 2.28. The van der Waals surface area contributed by atoms with Crippen LogP contribution in [0.25, 0.3) is 0 Å². The first-order valence-electron chi connectivity index (χ1n) is 5.57. The van der Waals surface area contributed by atoms with Crippen LogP contribution in [-0.4, -0.2) is 32.8 Å². The summed E-state index contributed by atoms with van der Waals surface area (Å²) >= 11 is 0. The van der Waals surface area contributed by atoms with Gasteiger partial charge in [0.15, 0.2) is 0 Å². The van der Waals surface area contributed by atoms with Gasteiger partial charge in [-0.25, -0.2) is 0 Å². The molecule has 1 aromatic carbocycles. The van der Waals surface area contributed by atoms with E-state index < -0.39 is 0 Å². The highest BCUT2D eigenvalue weighted by molar-refractivity contribution is 5.75. The third-order valence-electron chi connectivity index (χ3n) is 2.24. The summed E-state index contributed by atoms with van der Waals surface area (Å²) in [6.45, 7) is 4.20. The summed E-state index contributed by atoms with van der Waals surface area (Å²) < 4.78 is 10.2. The maximum atomic E-state index is 11.1. The van der Waals surface area contributed by atoms with Crippen LogP contribution in [-0.2, 0) is 9.53 Å². The van der Waals surface area contributed by atoms with Gasteiger partial charge in [-0.15, -0.1) is 0 Å². The Labute approximate surface area is 102 Å². The summed E-state index contributed by atoms with van der Waals surface area (Å²) in [7, 11) is 3.23. The third kappa shape index (κ3) is 4.34. The zero-order valence-electron chi connectivity index (χ0n) is 10.8. The van der Waals surface area contributed by atoms with Gasteiger partial charge >= 0.3 is 5.97 Å². The minimum atomic E-state index is -0.255. The fraction of sp³-hybridized carbons (Fsp3) is 0.462. The number of ether oxygens (including phenoxy) is 2. The van der Waals surface area contributed by atoms with Crippen LogP contribution < -0.4 is 9.64 Å². The van der Waals surface area contributed by atoms with Crippen LogP contribution in [0.3, 0.4) is 0 Å². The van der Waals surface area contributed by atoms with Crippen molar-refractivity contribution in [3.8, 4) is 5.75 Å². The Morgan fingerprint density at radius 2 is 1.88 bits per heavy atom. The second-order valence-corrected chi connectivity index (χ2v) is 4.09. The lowest BCUT2D eigenvalue weighted by Crippen LogP contribution is -2.26. The van der Waals surface area contributed by atoms with Crippen LogP contribution >= 0.6 is 0 Å². The number of hydrogen-bond donors (Lipinski definition) is 0. The van der Waals surface area contributed by atoms with E-state index in [0.717, 1.165) is 11.4 Å². The van der Waals surface area contributed by atoms with Gasteiger partial charge in [0.2, 0.25) is 0 Å². The Bertz CT molecular complexity index is 359. The van der Waals surface area contributed by atoms with Gasteiger partial charge in [-0.2, -0.15) is 0 Å². The fourth-order valence-electron chi connectivity index (χ4n) is 1.40. The number of carbonyl (C=O) groups is 1. The Hall–Kier alpha value is -1.71. The maximum Gasteiger partial charge on any atom is 0.325 e. The molecule has 0 spiro atoms. The van der Waals surface area contributed by atoms with E-state index in [1.54, 1.807) is 0 Å². The zero-order valence-corrected chi connectivity index (χ0v) is 10.8. The Balaban J connectivity index is 2.63. The van der Waals surface area contributed by atoms with Crippen molar-refractivity contribution in [1.29, 1.82) is 0 Å². The van der Waals surface area contributed by atoms with E-state index in [9.17, 15) is 4.79 Å². The van der Waals surface area contributed by atoms with Crippen LogP contribution in [0.4, 0.5) is 5.69 Å². The molecule has 0 unspecified atom stereocenters. The molecule has 0 radical (unpaired) electrons. The highest BCUT2D eigenvalue weighted by Gasteiger charge is 2.07. The van der Waals surface area contributed by atoms with Crippen molar-refractivity contribution < 1.29 is 14.3 Å². The largest absolute Gasteiger partial charge is 0.491 e. The molecular formula is C13H19NO3. The summed E-state index contributed by atoms with van der Waals surface area (Å²) in [5, 5.41) is 0. The molecule has 0 fully saturated rings. The van der Waals surface area contributed by atoms with Crippen molar-refractivity contribution >= 4 is 11.7 Å². The van der Waals surface area contributed by atoms with Crippen molar-refractivity contribution in [2.75, 3.05) is 25.6 Å². The van der Waals surface area contributed by atoms with Crippen LogP contribution in [0.15, 0.2) is 24.3 Å². The van der Waals surface area contributed by atoms with E-state index in [0.29, 0.717) is 0 Å². The Morgan fingerprint density at radius 3 is 2.35 bits per heavy atom. The molecule has 4 heteroatoms. The molecule has 0 N–H and O–H groups in total. The fourth-order valence-corrected chi connectivity index (χ4v) is 1.40. The normalized spacial score (nSPS) is 10.2. The molecule has 0 atom stereocenters. The molecule has 94 valence electrons. The predicted molar refractivity (Wildman–Crippen MR) is 67.5 cm³/mol. The topological polar surface area (TPSA) is 38.8 Å². The van der Waals surface area contributed by atoms with Gasteiger partial charge in [0, 0.05) is 12.7 Å². The van der Waals surface area contributed by atoms with Crippen LogP contribution in [0.2, 0.25) is 0 Å². The minimum Gasteiger partial charge on any atom is -0.491 e. The van der Waals surface area contributed by atoms with Crippen molar-refractivity contribution in [2.24, 2.45) is 0 Å². The van der Waals surface area contributed by atoms with Crippen molar-refractivity contribution in [1.82, 2.24) is 0 Å². The lowest BCUT2D eigenvalue weighted by atomic mass is 10.3. The van der Waals surface area contributed by atoms with Crippen molar-refractivity contribution in [3.63, 3.8) is 0 Å². The molecule has 4 nitrogen and oxygen atoms in total. The quantitative estimate of drug-likeness (QED) is 0.735. The van der Waals surface area contributed by atoms with Gasteiger partial charge in [0.25, 0.3) is 0 Å². The smallest absolute Gasteiger partial charge is 0.325 e. The van der Waals surface area contributed by atoms with Gasteiger partial charge in [-0.3, -0.25) is 4.79 Å². The Kier molecular flexibility index (Phi) is 4.82. The predicted octanol–water partition coefficient (Wildman–Crippen LogP) is 2.08. The molecule has 1 rings (SSSR count). The van der Waals surface area contributed by atoms with Crippen LogP contribution in [0, 0.1) is 0 Å². The van der Waals surface area contributed by atoms with Crippen molar-refractivity contribution in [2.45, 2.75) is 20.0 Å². The van der Waals surface area contributed by atoms with Crippen LogP contribution in [0.5, 0.6) is 5.75 Å². The molecule has 0 saturated carbocycles. The van der Waals surface area contributed by atoms with Gasteiger partial charge < -0.3 is 14.4 Å². The third-order valence-corrected chi connectivity index (χ3v) is 2.24. The zero-order chi connectivity index (χ0) is 12.8. The SMILES string of the molecule is COC(=O)CN(C)c1ccc(OC(C)C)cc1. The van der Waals surface area contributed by atoms with E-state index in [2.05, 4.69) is 4.74 Å². The second-order valence-electron chi connectivity index (χ2n) is 4.09. The molecule has 0 aliphatic carbocycles. The number of methoxy groups -OCH3 is 1. The molecule has 0 heterocycles. The van der Waals surface area contributed by atoms with E-state index >= 15 is 0 Å². The first-order valence-corrected chi connectivity index (χ1v) is 5.57. The number of esters is 1. The first-order chi connectivity index (χ1) is 8.02. The number of nitrogens with zero attached hydrogens (tertiary/aromatic N) is 1. The van der Waals surface area contributed by atoms with E-state index in [1.165, 1.54) is 7.11 Å². The number of hydrogen-bond acceptors (Lipinski definition) is 4. The van der Waals surface area contributed by atoms with Gasteiger partial charge in [0.1, 0.15) is 12.3 Å². The molecule has 17 heavy (non-hydrogen) atoms. The lowest BCUT2D eigenvalue weighted by molar-refractivity contribution is -0.138. The summed E-state index contributed by atoms with van der Waals surface area (Å²) in [5.74, 6) is 0.574. The first kappa shape index (κ1) is 13.4. The maximum absolute atomic E-state index is 11.1. The number of anilines is 1. The second kappa shape index (κ2) is 6.13. The summed E-state index contributed by atoms with van der Waals surface area (Å²) in [6, 6.07) is 7.62. The molecular weight excluding hydrogens is 218 g/mol. The van der Waals surface area contributed by atoms with Crippen molar-refractivity contribution in [3.05, 3.63) is 24.3 Å². The van der Waals surface area contributed by atoms with E-state index in [1.807, 2.05) is 50.1 Å². The van der Waals surface area contributed by atoms with Gasteiger partial charge in [-0.1, -0.05) is 0 Å². The molecule has 0 saturated heterocycles. The standard InChI is InChI=1S/C13H19NO3/c1-10(2)17-12-7-5-11(6-8-12)14(3)9-13(15)16-4/h5-8,10H,9H2,1-4H3. The van der Waals surface area contributed by atoms with Gasteiger partial charge in [0.05, 0.1) is 13.2 Å². The number of rotatable bonds is 5. The van der Waals surface area contributed by atoms with Gasteiger partial charge in [-0.05, 0) is 38.1 Å². The number of carbonyl (C=O) groups excluding carboxylic acids is 1. The molecule has 0 amide bonds. The average molecular weight is 237 g/mol. The Morgan fingerprint density at radius 1 is 1.29 bits per heavy atom. The molecule has 1 aromatic rings. The van der Waals surface area contributed by atoms with E-state index in [4.69, 9.17) is 4.74 Å². The summed E-state index contributed by atoms with van der Waals surface area (Å²) in [4.78, 5) is 12.9. The molecule has 0 aliphatic rings.